The zero-order valence-electron chi connectivity index (χ0n) is 14.0. The monoisotopic (exact) mass is 367 g/mol. The predicted octanol–water partition coefficient (Wildman–Crippen LogP) is 2.58. The summed E-state index contributed by atoms with van der Waals surface area (Å²) in [5.41, 5.74) is 3.23. The fraction of sp³-hybridized carbons (Fsp3) is 0.278. The lowest BCUT2D eigenvalue weighted by atomic mass is 10.1. The Labute approximate surface area is 151 Å². The van der Waals surface area contributed by atoms with Crippen LogP contribution in [0.25, 0.3) is 11.0 Å². The molecule has 1 aromatic carbocycles. The number of anilines is 1. The molecule has 2 aromatic heterocycles. The number of aromatic nitrogens is 3. The van der Waals surface area contributed by atoms with E-state index < -0.39 is 10.0 Å². The van der Waals surface area contributed by atoms with Gasteiger partial charge in [0.05, 0.1) is 11.3 Å². The summed E-state index contributed by atoms with van der Waals surface area (Å²) in [7, 11) is -3.64. The fourth-order valence-corrected chi connectivity index (χ4v) is 4.61. The fourth-order valence-electron chi connectivity index (χ4n) is 3.46. The maximum atomic E-state index is 12.6. The number of nitrogens with one attached hydrogen (secondary N) is 1. The van der Waals surface area contributed by atoms with E-state index in [2.05, 4.69) is 20.8 Å². The first-order valence-corrected chi connectivity index (χ1v) is 10.0. The van der Waals surface area contributed by atoms with Gasteiger partial charge >= 0.3 is 0 Å². The standard InChI is InChI=1S/C18H17N5O2S/c19-10-14-15-8-4-5-9-23(15)17-16(14)20-12-21-18(17)22-26(24,25)11-13-6-2-1-3-7-13/h1-3,6-7,12H,4-5,8-9,11H2,(H,20,21,22). The summed E-state index contributed by atoms with van der Waals surface area (Å²) in [5, 5.41) is 9.54. The molecule has 0 bridgehead atoms. The Kier molecular flexibility index (Phi) is 4.09. The molecular weight excluding hydrogens is 350 g/mol. The van der Waals surface area contributed by atoms with Crippen LogP contribution >= 0.6 is 0 Å². The number of benzene rings is 1. The first-order chi connectivity index (χ1) is 12.6. The number of hydrogen-bond donors (Lipinski definition) is 1. The minimum Gasteiger partial charge on any atom is -0.339 e. The van der Waals surface area contributed by atoms with Crippen LogP contribution in [0.1, 0.15) is 29.7 Å². The van der Waals surface area contributed by atoms with E-state index in [1.807, 2.05) is 10.6 Å². The first kappa shape index (κ1) is 16.5. The number of aryl methyl sites for hydroxylation is 1. The third-order valence-corrected chi connectivity index (χ3v) is 5.77. The van der Waals surface area contributed by atoms with E-state index in [9.17, 15) is 13.7 Å². The summed E-state index contributed by atoms with van der Waals surface area (Å²) >= 11 is 0. The molecule has 0 amide bonds. The SMILES string of the molecule is N#Cc1c2n(c3c(NS(=O)(=O)Cc4ccccc4)ncnc13)CCCC2. The molecular formula is C18H17N5O2S. The maximum absolute atomic E-state index is 12.6. The zero-order valence-corrected chi connectivity index (χ0v) is 14.8. The van der Waals surface area contributed by atoms with Crippen molar-refractivity contribution >= 4 is 26.9 Å². The second-order valence-corrected chi connectivity index (χ2v) is 8.03. The van der Waals surface area contributed by atoms with Crippen LogP contribution in [-0.4, -0.2) is 23.0 Å². The summed E-state index contributed by atoms with van der Waals surface area (Å²) in [5.74, 6) is 0.0912. The van der Waals surface area contributed by atoms with Gasteiger partial charge in [-0.15, -0.1) is 0 Å². The van der Waals surface area contributed by atoms with E-state index >= 15 is 0 Å². The number of nitrogens with zero attached hydrogens (tertiary/aromatic N) is 4. The smallest absolute Gasteiger partial charge is 0.238 e. The average Bonchev–Trinajstić information content (AvgIpc) is 2.96. The van der Waals surface area contributed by atoms with Gasteiger partial charge in [0, 0.05) is 12.2 Å². The molecule has 0 spiro atoms. The Balaban J connectivity index is 1.78. The van der Waals surface area contributed by atoms with E-state index in [0.717, 1.165) is 31.5 Å². The highest BCUT2D eigenvalue weighted by Crippen LogP contribution is 2.32. The lowest BCUT2D eigenvalue weighted by Gasteiger charge is -2.17. The minimum absolute atomic E-state index is 0.141. The molecule has 0 radical (unpaired) electrons. The Morgan fingerprint density at radius 2 is 2.00 bits per heavy atom. The Morgan fingerprint density at radius 3 is 2.77 bits per heavy atom. The molecule has 1 aliphatic rings. The van der Waals surface area contributed by atoms with Gasteiger partial charge in [-0.3, -0.25) is 4.72 Å². The van der Waals surface area contributed by atoms with Crippen molar-refractivity contribution in [3.63, 3.8) is 0 Å². The highest BCUT2D eigenvalue weighted by Gasteiger charge is 2.25. The van der Waals surface area contributed by atoms with Crippen molar-refractivity contribution in [2.75, 3.05) is 4.72 Å². The molecule has 1 aliphatic heterocycles. The molecule has 0 fully saturated rings. The molecule has 0 atom stereocenters. The van der Waals surface area contributed by atoms with Crippen molar-refractivity contribution in [3.05, 3.63) is 53.5 Å². The number of hydrogen-bond acceptors (Lipinski definition) is 5. The molecule has 0 aliphatic carbocycles. The van der Waals surface area contributed by atoms with Gasteiger partial charge in [0.15, 0.2) is 5.82 Å². The second kappa shape index (κ2) is 6.42. The largest absolute Gasteiger partial charge is 0.339 e. The van der Waals surface area contributed by atoms with Crippen molar-refractivity contribution in [3.8, 4) is 6.07 Å². The quantitative estimate of drug-likeness (QED) is 0.764. The number of rotatable bonds is 4. The first-order valence-electron chi connectivity index (χ1n) is 8.39. The van der Waals surface area contributed by atoms with E-state index in [-0.39, 0.29) is 11.6 Å². The van der Waals surface area contributed by atoms with E-state index in [1.54, 1.807) is 24.3 Å². The van der Waals surface area contributed by atoms with Crippen LogP contribution < -0.4 is 4.72 Å². The summed E-state index contributed by atoms with van der Waals surface area (Å²) in [6, 6.07) is 11.2. The Hall–Kier alpha value is -2.92. The molecule has 132 valence electrons. The highest BCUT2D eigenvalue weighted by atomic mass is 32.2. The van der Waals surface area contributed by atoms with Crippen LogP contribution in [0.3, 0.4) is 0 Å². The van der Waals surface area contributed by atoms with E-state index in [1.165, 1.54) is 6.33 Å². The van der Waals surface area contributed by atoms with Gasteiger partial charge in [0.25, 0.3) is 0 Å². The van der Waals surface area contributed by atoms with Crippen LogP contribution in [0, 0.1) is 11.3 Å². The molecule has 0 unspecified atom stereocenters. The van der Waals surface area contributed by atoms with Gasteiger partial charge < -0.3 is 4.57 Å². The molecule has 3 heterocycles. The van der Waals surface area contributed by atoms with Gasteiger partial charge in [-0.2, -0.15) is 5.26 Å². The third-order valence-electron chi connectivity index (χ3n) is 4.55. The normalized spacial score (nSPS) is 14.0. The minimum atomic E-state index is -3.64. The van der Waals surface area contributed by atoms with E-state index in [4.69, 9.17) is 0 Å². The highest BCUT2D eigenvalue weighted by molar-refractivity contribution is 7.91. The van der Waals surface area contributed by atoms with Crippen LogP contribution in [0.2, 0.25) is 0 Å². The van der Waals surface area contributed by atoms with Gasteiger partial charge in [-0.05, 0) is 24.8 Å². The van der Waals surface area contributed by atoms with Gasteiger partial charge in [0.2, 0.25) is 10.0 Å². The summed E-state index contributed by atoms with van der Waals surface area (Å²) in [6.45, 7) is 0.730. The third kappa shape index (κ3) is 2.91. The second-order valence-electron chi connectivity index (χ2n) is 6.31. The van der Waals surface area contributed by atoms with Crippen LogP contribution in [0.15, 0.2) is 36.7 Å². The van der Waals surface area contributed by atoms with Gasteiger partial charge in [-0.1, -0.05) is 30.3 Å². The van der Waals surface area contributed by atoms with Gasteiger partial charge in [0.1, 0.15) is 23.4 Å². The topological polar surface area (TPSA) is 101 Å². The predicted molar refractivity (Wildman–Crippen MR) is 97.9 cm³/mol. The Morgan fingerprint density at radius 1 is 1.19 bits per heavy atom. The maximum Gasteiger partial charge on any atom is 0.238 e. The molecule has 7 nitrogen and oxygen atoms in total. The van der Waals surface area contributed by atoms with Crippen molar-refractivity contribution in [2.45, 2.75) is 31.6 Å². The molecule has 0 saturated carbocycles. The molecule has 0 saturated heterocycles. The molecule has 1 N–H and O–H groups in total. The van der Waals surface area contributed by atoms with Gasteiger partial charge in [-0.25, -0.2) is 18.4 Å². The summed E-state index contributed by atoms with van der Waals surface area (Å²) in [4.78, 5) is 8.40. The molecule has 26 heavy (non-hydrogen) atoms. The van der Waals surface area contributed by atoms with Crippen LogP contribution in [0.4, 0.5) is 5.82 Å². The van der Waals surface area contributed by atoms with Crippen molar-refractivity contribution in [2.24, 2.45) is 0 Å². The average molecular weight is 367 g/mol. The molecule has 8 heteroatoms. The van der Waals surface area contributed by atoms with Crippen molar-refractivity contribution in [1.29, 1.82) is 5.26 Å². The van der Waals surface area contributed by atoms with Crippen molar-refractivity contribution in [1.82, 2.24) is 14.5 Å². The number of nitriles is 1. The lowest BCUT2D eigenvalue weighted by Crippen LogP contribution is -2.18. The lowest BCUT2D eigenvalue weighted by molar-refractivity contribution is 0.544. The van der Waals surface area contributed by atoms with Crippen LogP contribution in [0.5, 0.6) is 0 Å². The number of fused-ring (bicyclic) bond motifs is 3. The molecule has 4 rings (SSSR count). The van der Waals surface area contributed by atoms with Crippen LogP contribution in [-0.2, 0) is 28.7 Å². The summed E-state index contributed by atoms with van der Waals surface area (Å²) in [6.07, 6.45) is 4.07. The summed E-state index contributed by atoms with van der Waals surface area (Å²) < 4.78 is 29.8. The zero-order chi connectivity index (χ0) is 18.1. The van der Waals surface area contributed by atoms with Crippen molar-refractivity contribution < 1.29 is 8.42 Å². The van der Waals surface area contributed by atoms with E-state index in [0.29, 0.717) is 22.2 Å². The Bertz CT molecular complexity index is 1110. The number of sulfonamides is 1. The molecule has 3 aromatic rings.